The normalized spacial score (nSPS) is 10.4. The molecule has 98 valence electrons. The quantitative estimate of drug-likeness (QED) is 0.660. The van der Waals surface area contributed by atoms with Crippen molar-refractivity contribution in [2.75, 3.05) is 5.73 Å². The first-order valence-corrected chi connectivity index (χ1v) is 6.86. The van der Waals surface area contributed by atoms with Gasteiger partial charge in [0.25, 0.3) is 0 Å². The molecule has 3 N–H and O–H groups in total. The van der Waals surface area contributed by atoms with Gasteiger partial charge in [-0.05, 0) is 36.2 Å². The lowest BCUT2D eigenvalue weighted by Gasteiger charge is -2.08. The maximum atomic E-state index is 11.2. The first-order chi connectivity index (χ1) is 9.08. The zero-order chi connectivity index (χ0) is 13.8. The number of hydrogen-bond donors (Lipinski definition) is 2. The van der Waals surface area contributed by atoms with Crippen LogP contribution < -0.4 is 5.73 Å². The molecule has 19 heavy (non-hydrogen) atoms. The van der Waals surface area contributed by atoms with Gasteiger partial charge in [-0.2, -0.15) is 0 Å². The van der Waals surface area contributed by atoms with Crippen LogP contribution in [0.1, 0.15) is 21.5 Å². The summed E-state index contributed by atoms with van der Waals surface area (Å²) in [6.45, 7) is 2.05. The van der Waals surface area contributed by atoms with Gasteiger partial charge >= 0.3 is 5.97 Å². The standard InChI is InChI=1S/C15H15NO2S/c1-10-4-2-3-5-11(10)9-19-14-8-12(16)6-7-13(14)15(17)18/h2-8H,9,16H2,1H3,(H,17,18). The summed E-state index contributed by atoms with van der Waals surface area (Å²) in [5, 5.41) is 9.15. The summed E-state index contributed by atoms with van der Waals surface area (Å²) in [5.41, 5.74) is 9.00. The molecule has 0 saturated carbocycles. The van der Waals surface area contributed by atoms with E-state index in [4.69, 9.17) is 10.8 Å². The number of hydrogen-bond acceptors (Lipinski definition) is 3. The predicted octanol–water partition coefficient (Wildman–Crippen LogP) is 3.57. The maximum Gasteiger partial charge on any atom is 0.336 e. The van der Waals surface area contributed by atoms with Crippen molar-refractivity contribution in [1.29, 1.82) is 0 Å². The van der Waals surface area contributed by atoms with Crippen molar-refractivity contribution < 1.29 is 9.90 Å². The van der Waals surface area contributed by atoms with Crippen molar-refractivity contribution in [2.24, 2.45) is 0 Å². The van der Waals surface area contributed by atoms with Gasteiger partial charge < -0.3 is 10.8 Å². The Morgan fingerprint density at radius 3 is 2.68 bits per heavy atom. The summed E-state index contributed by atoms with van der Waals surface area (Å²) >= 11 is 1.50. The van der Waals surface area contributed by atoms with Gasteiger partial charge in [-0.1, -0.05) is 24.3 Å². The van der Waals surface area contributed by atoms with Crippen molar-refractivity contribution in [3.63, 3.8) is 0 Å². The van der Waals surface area contributed by atoms with Crippen molar-refractivity contribution in [3.05, 3.63) is 59.2 Å². The minimum atomic E-state index is -0.924. The first-order valence-electron chi connectivity index (χ1n) is 5.88. The summed E-state index contributed by atoms with van der Waals surface area (Å²) in [7, 11) is 0. The van der Waals surface area contributed by atoms with Crippen molar-refractivity contribution in [3.8, 4) is 0 Å². The Morgan fingerprint density at radius 1 is 1.26 bits per heavy atom. The van der Waals surface area contributed by atoms with Gasteiger partial charge in [0.05, 0.1) is 5.56 Å². The molecule has 0 unspecified atom stereocenters. The second-order valence-corrected chi connectivity index (χ2v) is 5.29. The summed E-state index contributed by atoms with van der Waals surface area (Å²) in [4.78, 5) is 11.9. The molecule has 0 aliphatic heterocycles. The lowest BCUT2D eigenvalue weighted by molar-refractivity contribution is 0.0693. The highest BCUT2D eigenvalue weighted by Gasteiger charge is 2.11. The monoisotopic (exact) mass is 273 g/mol. The Balaban J connectivity index is 2.22. The zero-order valence-corrected chi connectivity index (χ0v) is 11.4. The third-order valence-electron chi connectivity index (χ3n) is 2.88. The molecule has 0 heterocycles. The number of carboxylic acids is 1. The summed E-state index contributed by atoms with van der Waals surface area (Å²) in [6.07, 6.45) is 0. The molecule has 4 heteroatoms. The highest BCUT2D eigenvalue weighted by molar-refractivity contribution is 7.98. The molecule has 3 nitrogen and oxygen atoms in total. The van der Waals surface area contributed by atoms with Crippen LogP contribution in [0.15, 0.2) is 47.4 Å². The van der Waals surface area contributed by atoms with E-state index in [1.54, 1.807) is 18.2 Å². The van der Waals surface area contributed by atoms with Crippen LogP contribution in [0, 0.1) is 6.92 Å². The third kappa shape index (κ3) is 3.29. The molecule has 0 radical (unpaired) electrons. The SMILES string of the molecule is Cc1ccccc1CSc1cc(N)ccc1C(=O)O. The molecule has 0 aliphatic carbocycles. The van der Waals surface area contributed by atoms with Gasteiger partial charge in [0.1, 0.15) is 0 Å². The number of nitrogen functional groups attached to an aromatic ring is 1. The lowest BCUT2D eigenvalue weighted by atomic mass is 10.1. The number of benzene rings is 2. The van der Waals surface area contributed by atoms with Gasteiger partial charge in [0, 0.05) is 16.3 Å². The molecule has 2 aromatic rings. The number of carbonyl (C=O) groups is 1. The Kier molecular flexibility index (Phi) is 4.12. The fraction of sp³-hybridized carbons (Fsp3) is 0.133. The van der Waals surface area contributed by atoms with E-state index in [-0.39, 0.29) is 0 Å². The number of anilines is 1. The van der Waals surface area contributed by atoms with Crippen LogP contribution in [0.5, 0.6) is 0 Å². The average Bonchev–Trinajstić information content (AvgIpc) is 2.37. The van der Waals surface area contributed by atoms with Gasteiger partial charge in [0.15, 0.2) is 0 Å². The minimum Gasteiger partial charge on any atom is -0.478 e. The number of thioether (sulfide) groups is 1. The average molecular weight is 273 g/mol. The fourth-order valence-electron chi connectivity index (χ4n) is 1.76. The smallest absolute Gasteiger partial charge is 0.336 e. The molecule has 2 aromatic carbocycles. The predicted molar refractivity (Wildman–Crippen MR) is 78.6 cm³/mol. The second kappa shape index (κ2) is 5.80. The minimum absolute atomic E-state index is 0.299. The summed E-state index contributed by atoms with van der Waals surface area (Å²) in [6, 6.07) is 13.0. The van der Waals surface area contributed by atoms with Crippen LogP contribution in [0.25, 0.3) is 0 Å². The molecule has 0 atom stereocenters. The molecular weight excluding hydrogens is 258 g/mol. The van der Waals surface area contributed by atoms with Crippen LogP contribution in [0.4, 0.5) is 5.69 Å². The van der Waals surface area contributed by atoms with Crippen LogP contribution >= 0.6 is 11.8 Å². The van der Waals surface area contributed by atoms with E-state index >= 15 is 0 Å². The first kappa shape index (κ1) is 13.5. The molecule has 0 amide bonds. The van der Waals surface area contributed by atoms with Crippen LogP contribution in [0.3, 0.4) is 0 Å². The fourth-order valence-corrected chi connectivity index (χ4v) is 2.93. The Labute approximate surface area is 116 Å². The van der Waals surface area contributed by atoms with Crippen molar-refractivity contribution in [1.82, 2.24) is 0 Å². The van der Waals surface area contributed by atoms with Crippen LogP contribution in [-0.2, 0) is 5.75 Å². The van der Waals surface area contributed by atoms with Gasteiger partial charge in [0.2, 0.25) is 0 Å². The molecular formula is C15H15NO2S. The molecule has 0 aromatic heterocycles. The maximum absolute atomic E-state index is 11.2. The highest BCUT2D eigenvalue weighted by Crippen LogP contribution is 2.29. The number of aryl methyl sites for hydroxylation is 1. The second-order valence-electron chi connectivity index (χ2n) is 4.28. The number of carboxylic acid groups (broad SMARTS) is 1. The van der Waals surface area contributed by atoms with Gasteiger partial charge in [-0.3, -0.25) is 0 Å². The highest BCUT2D eigenvalue weighted by atomic mass is 32.2. The molecule has 0 fully saturated rings. The number of nitrogens with two attached hydrogens (primary N) is 1. The number of rotatable bonds is 4. The zero-order valence-electron chi connectivity index (χ0n) is 10.6. The summed E-state index contributed by atoms with van der Waals surface area (Å²) in [5.74, 6) is -0.191. The molecule has 2 rings (SSSR count). The largest absolute Gasteiger partial charge is 0.478 e. The molecule has 0 aliphatic rings. The van der Waals surface area contributed by atoms with Crippen molar-refractivity contribution >= 4 is 23.4 Å². The molecule has 0 bridgehead atoms. The van der Waals surface area contributed by atoms with E-state index < -0.39 is 5.97 Å². The Hall–Kier alpha value is -1.94. The van der Waals surface area contributed by atoms with Crippen molar-refractivity contribution in [2.45, 2.75) is 17.6 Å². The van der Waals surface area contributed by atoms with E-state index in [0.29, 0.717) is 16.1 Å². The molecule has 0 saturated heterocycles. The van der Waals surface area contributed by atoms with Gasteiger partial charge in [-0.15, -0.1) is 11.8 Å². The van der Waals surface area contributed by atoms with E-state index in [1.165, 1.54) is 22.9 Å². The molecule has 0 spiro atoms. The number of aromatic carboxylic acids is 1. The Morgan fingerprint density at radius 2 is 2.00 bits per heavy atom. The van der Waals surface area contributed by atoms with E-state index in [1.807, 2.05) is 25.1 Å². The van der Waals surface area contributed by atoms with Crippen LogP contribution in [-0.4, -0.2) is 11.1 Å². The van der Waals surface area contributed by atoms with Gasteiger partial charge in [-0.25, -0.2) is 4.79 Å². The van der Waals surface area contributed by atoms with Crippen LogP contribution in [0.2, 0.25) is 0 Å². The van der Waals surface area contributed by atoms with E-state index in [0.717, 1.165) is 5.75 Å². The third-order valence-corrected chi connectivity index (χ3v) is 3.98. The Bertz CT molecular complexity index is 611. The van der Waals surface area contributed by atoms with E-state index in [2.05, 4.69) is 6.07 Å². The summed E-state index contributed by atoms with van der Waals surface area (Å²) < 4.78 is 0. The van der Waals surface area contributed by atoms with E-state index in [9.17, 15) is 4.79 Å². The lowest BCUT2D eigenvalue weighted by Crippen LogP contribution is -2.00. The topological polar surface area (TPSA) is 63.3 Å².